The molecule has 0 aliphatic heterocycles. The SMILES string of the molecule is COc1cccc(-c2nc3cc(NC(=S)NC(=O)c4ccc(F)cc4)ccc3o2)c1. The summed E-state index contributed by atoms with van der Waals surface area (Å²) in [7, 11) is 1.60. The molecule has 30 heavy (non-hydrogen) atoms. The van der Waals surface area contributed by atoms with Crippen LogP contribution in [0.5, 0.6) is 5.75 Å². The van der Waals surface area contributed by atoms with Gasteiger partial charge < -0.3 is 14.5 Å². The maximum Gasteiger partial charge on any atom is 0.257 e. The van der Waals surface area contributed by atoms with E-state index in [1.807, 2.05) is 24.3 Å². The normalized spacial score (nSPS) is 10.6. The number of aromatic nitrogens is 1. The van der Waals surface area contributed by atoms with Crippen molar-refractivity contribution in [3.05, 3.63) is 78.1 Å². The summed E-state index contributed by atoms with van der Waals surface area (Å²) in [5.74, 6) is 0.324. The molecule has 0 aliphatic carbocycles. The van der Waals surface area contributed by atoms with Crippen LogP contribution in [0.3, 0.4) is 0 Å². The number of carbonyl (C=O) groups excluding carboxylic acids is 1. The Bertz CT molecular complexity index is 1240. The van der Waals surface area contributed by atoms with E-state index in [2.05, 4.69) is 15.6 Å². The Kier molecular flexibility index (Phi) is 5.40. The number of hydrogen-bond acceptors (Lipinski definition) is 5. The highest BCUT2D eigenvalue weighted by Crippen LogP contribution is 2.28. The predicted octanol–water partition coefficient (Wildman–Crippen LogP) is 4.77. The topological polar surface area (TPSA) is 76.4 Å². The van der Waals surface area contributed by atoms with Crippen molar-refractivity contribution in [2.24, 2.45) is 0 Å². The molecular weight excluding hydrogens is 405 g/mol. The smallest absolute Gasteiger partial charge is 0.257 e. The van der Waals surface area contributed by atoms with Gasteiger partial charge in [-0.2, -0.15) is 0 Å². The van der Waals surface area contributed by atoms with E-state index in [1.165, 1.54) is 24.3 Å². The van der Waals surface area contributed by atoms with E-state index < -0.39 is 11.7 Å². The number of benzene rings is 3. The van der Waals surface area contributed by atoms with Gasteiger partial charge >= 0.3 is 0 Å². The number of carbonyl (C=O) groups is 1. The van der Waals surface area contributed by atoms with Crippen molar-refractivity contribution in [3.63, 3.8) is 0 Å². The van der Waals surface area contributed by atoms with Crippen LogP contribution in [0.25, 0.3) is 22.6 Å². The highest BCUT2D eigenvalue weighted by atomic mass is 32.1. The van der Waals surface area contributed by atoms with Crippen LogP contribution in [0.4, 0.5) is 10.1 Å². The summed E-state index contributed by atoms with van der Waals surface area (Å²) in [6.45, 7) is 0. The van der Waals surface area contributed by atoms with Crippen molar-refractivity contribution in [2.75, 3.05) is 12.4 Å². The van der Waals surface area contributed by atoms with Gasteiger partial charge in [-0.05, 0) is 72.9 Å². The first-order chi connectivity index (χ1) is 14.5. The molecule has 0 atom stereocenters. The van der Waals surface area contributed by atoms with Gasteiger partial charge in [-0.3, -0.25) is 10.1 Å². The molecule has 4 aromatic rings. The summed E-state index contributed by atoms with van der Waals surface area (Å²) in [5.41, 5.74) is 2.97. The molecule has 0 spiro atoms. The van der Waals surface area contributed by atoms with Crippen LogP contribution in [0, 0.1) is 5.82 Å². The van der Waals surface area contributed by atoms with E-state index in [0.29, 0.717) is 34.0 Å². The molecule has 0 fully saturated rings. The summed E-state index contributed by atoms with van der Waals surface area (Å²) in [5, 5.41) is 5.61. The first-order valence-corrected chi connectivity index (χ1v) is 9.35. The Morgan fingerprint density at radius 3 is 2.67 bits per heavy atom. The van der Waals surface area contributed by atoms with Crippen molar-refractivity contribution in [3.8, 4) is 17.2 Å². The predicted molar refractivity (Wildman–Crippen MR) is 116 cm³/mol. The first-order valence-electron chi connectivity index (χ1n) is 8.95. The van der Waals surface area contributed by atoms with Crippen LogP contribution in [0.2, 0.25) is 0 Å². The molecule has 0 aliphatic rings. The van der Waals surface area contributed by atoms with Gasteiger partial charge in [-0.25, -0.2) is 9.37 Å². The van der Waals surface area contributed by atoms with Gasteiger partial charge in [-0.1, -0.05) is 6.07 Å². The van der Waals surface area contributed by atoms with Crippen LogP contribution in [0.1, 0.15) is 10.4 Å². The molecule has 8 heteroatoms. The highest BCUT2D eigenvalue weighted by molar-refractivity contribution is 7.80. The molecule has 3 aromatic carbocycles. The third kappa shape index (κ3) is 4.28. The number of ether oxygens (including phenoxy) is 1. The van der Waals surface area contributed by atoms with Crippen molar-refractivity contribution >= 4 is 40.0 Å². The molecule has 1 heterocycles. The summed E-state index contributed by atoms with van der Waals surface area (Å²) in [6, 6.07) is 17.9. The molecule has 0 radical (unpaired) electrons. The minimum atomic E-state index is -0.435. The number of anilines is 1. The van der Waals surface area contributed by atoms with Crippen LogP contribution >= 0.6 is 12.2 Å². The molecule has 0 unspecified atom stereocenters. The third-order valence-corrected chi connectivity index (χ3v) is 4.50. The van der Waals surface area contributed by atoms with Crippen LogP contribution < -0.4 is 15.4 Å². The lowest BCUT2D eigenvalue weighted by Gasteiger charge is -2.09. The fourth-order valence-corrected chi connectivity index (χ4v) is 3.03. The summed E-state index contributed by atoms with van der Waals surface area (Å²) in [6.07, 6.45) is 0. The number of rotatable bonds is 4. The first kappa shape index (κ1) is 19.5. The van der Waals surface area contributed by atoms with Crippen LogP contribution in [-0.4, -0.2) is 23.1 Å². The summed E-state index contributed by atoms with van der Waals surface area (Å²) in [4.78, 5) is 16.7. The number of fused-ring (bicyclic) bond motifs is 1. The molecule has 1 amide bonds. The molecule has 2 N–H and O–H groups in total. The van der Waals surface area contributed by atoms with Gasteiger partial charge in [-0.15, -0.1) is 0 Å². The number of oxazole rings is 1. The second-order valence-corrected chi connectivity index (χ2v) is 6.76. The van der Waals surface area contributed by atoms with Crippen LogP contribution in [-0.2, 0) is 0 Å². The van der Waals surface area contributed by atoms with E-state index in [4.69, 9.17) is 21.4 Å². The Morgan fingerprint density at radius 2 is 1.90 bits per heavy atom. The molecule has 0 saturated carbocycles. The third-order valence-electron chi connectivity index (χ3n) is 4.30. The van der Waals surface area contributed by atoms with E-state index >= 15 is 0 Å². The second kappa shape index (κ2) is 8.30. The molecular formula is C22H16FN3O3S. The number of nitrogens with zero attached hydrogens (tertiary/aromatic N) is 1. The van der Waals surface area contributed by atoms with Gasteiger partial charge in [0.1, 0.15) is 17.1 Å². The second-order valence-electron chi connectivity index (χ2n) is 6.35. The Balaban J connectivity index is 1.48. The van der Waals surface area contributed by atoms with Gasteiger partial charge in [0, 0.05) is 16.8 Å². The molecule has 1 aromatic heterocycles. The minimum Gasteiger partial charge on any atom is -0.497 e. The molecule has 6 nitrogen and oxygen atoms in total. The summed E-state index contributed by atoms with van der Waals surface area (Å²) >= 11 is 5.20. The lowest BCUT2D eigenvalue weighted by Crippen LogP contribution is -2.34. The minimum absolute atomic E-state index is 0.111. The Morgan fingerprint density at radius 1 is 1.10 bits per heavy atom. The Labute approximate surface area is 176 Å². The zero-order valence-electron chi connectivity index (χ0n) is 15.8. The lowest BCUT2D eigenvalue weighted by atomic mass is 10.2. The fraction of sp³-hybridized carbons (Fsp3) is 0.0455. The van der Waals surface area contributed by atoms with Gasteiger partial charge in [0.15, 0.2) is 10.7 Å². The van der Waals surface area contributed by atoms with Crippen LogP contribution in [0.15, 0.2) is 71.1 Å². The number of methoxy groups -OCH3 is 1. The molecule has 150 valence electrons. The number of amides is 1. The molecule has 4 rings (SSSR count). The van der Waals surface area contributed by atoms with Crippen molar-refractivity contribution < 1.29 is 18.3 Å². The number of thiocarbonyl (C=S) groups is 1. The number of halogens is 1. The number of hydrogen-bond donors (Lipinski definition) is 2. The number of nitrogens with one attached hydrogen (secondary N) is 2. The van der Waals surface area contributed by atoms with Gasteiger partial charge in [0.05, 0.1) is 7.11 Å². The maximum absolute atomic E-state index is 13.0. The lowest BCUT2D eigenvalue weighted by molar-refractivity contribution is 0.0977. The quantitative estimate of drug-likeness (QED) is 0.463. The maximum atomic E-state index is 13.0. The standard InChI is InChI=1S/C22H16FN3O3S/c1-28-17-4-2-3-14(11-17)21-25-18-12-16(9-10-19(18)29-21)24-22(30)26-20(27)13-5-7-15(23)8-6-13/h2-12H,1H3,(H2,24,26,27,30). The monoisotopic (exact) mass is 421 g/mol. The average Bonchev–Trinajstić information content (AvgIpc) is 3.17. The Hall–Kier alpha value is -3.78. The molecule has 0 bridgehead atoms. The van der Waals surface area contributed by atoms with E-state index in [-0.39, 0.29) is 5.11 Å². The van der Waals surface area contributed by atoms with Crippen molar-refractivity contribution in [2.45, 2.75) is 0 Å². The molecule has 0 saturated heterocycles. The van der Waals surface area contributed by atoms with Gasteiger partial charge in [0.2, 0.25) is 5.89 Å². The van der Waals surface area contributed by atoms with Crippen molar-refractivity contribution in [1.82, 2.24) is 10.3 Å². The van der Waals surface area contributed by atoms with E-state index in [0.717, 1.165) is 5.56 Å². The average molecular weight is 421 g/mol. The zero-order chi connectivity index (χ0) is 21.1. The largest absolute Gasteiger partial charge is 0.497 e. The van der Waals surface area contributed by atoms with E-state index in [1.54, 1.807) is 25.3 Å². The highest BCUT2D eigenvalue weighted by Gasteiger charge is 2.12. The fourth-order valence-electron chi connectivity index (χ4n) is 2.82. The zero-order valence-corrected chi connectivity index (χ0v) is 16.6. The summed E-state index contributed by atoms with van der Waals surface area (Å²) < 4.78 is 24.0. The van der Waals surface area contributed by atoms with Gasteiger partial charge in [0.25, 0.3) is 5.91 Å². The van der Waals surface area contributed by atoms with E-state index in [9.17, 15) is 9.18 Å². The van der Waals surface area contributed by atoms with Crippen molar-refractivity contribution in [1.29, 1.82) is 0 Å².